The number of aromatic nitrogens is 2. The fraction of sp³-hybridized carbons (Fsp3) is 0.667. The molecule has 0 aliphatic rings. The van der Waals surface area contributed by atoms with Gasteiger partial charge in [0.15, 0.2) is 0 Å². The average Bonchev–Trinajstić information content (AvgIpc) is 2.79. The van der Waals surface area contributed by atoms with Crippen molar-refractivity contribution in [2.45, 2.75) is 59.5 Å². The van der Waals surface area contributed by atoms with Crippen LogP contribution in [0, 0.1) is 12.8 Å². The maximum Gasteiger partial charge on any atom is 0.306 e. The van der Waals surface area contributed by atoms with Gasteiger partial charge in [-0.1, -0.05) is 13.3 Å². The Kier molecular flexibility index (Phi) is 6.39. The lowest BCUT2D eigenvalue weighted by atomic mass is 10.0. The molecule has 1 rings (SSSR count). The summed E-state index contributed by atoms with van der Waals surface area (Å²) in [5.74, 6) is -1.23. The minimum atomic E-state index is -0.769. The van der Waals surface area contributed by atoms with Gasteiger partial charge in [-0.05, 0) is 39.7 Å². The Balaban J connectivity index is 2.45. The van der Waals surface area contributed by atoms with Crippen molar-refractivity contribution in [3.05, 3.63) is 17.5 Å². The molecule has 21 heavy (non-hydrogen) atoms. The molecule has 0 aliphatic heterocycles. The van der Waals surface area contributed by atoms with Crippen molar-refractivity contribution in [1.82, 2.24) is 15.1 Å². The van der Waals surface area contributed by atoms with E-state index in [4.69, 9.17) is 5.11 Å². The van der Waals surface area contributed by atoms with Crippen molar-refractivity contribution in [2.75, 3.05) is 0 Å². The zero-order valence-electron chi connectivity index (χ0n) is 13.2. The number of aliphatic carboxylic acids is 1. The predicted molar refractivity (Wildman–Crippen MR) is 80.2 cm³/mol. The molecule has 0 aromatic carbocycles. The van der Waals surface area contributed by atoms with Crippen LogP contribution in [0.2, 0.25) is 0 Å². The summed E-state index contributed by atoms with van der Waals surface area (Å²) < 4.78 is 1.68. The molecule has 1 heterocycles. The molecule has 1 aromatic heterocycles. The predicted octanol–water partition coefficient (Wildman–Crippen LogP) is 2.22. The smallest absolute Gasteiger partial charge is 0.306 e. The van der Waals surface area contributed by atoms with Gasteiger partial charge in [-0.25, -0.2) is 0 Å². The first kappa shape index (κ1) is 17.2. The Labute approximate surface area is 125 Å². The van der Waals surface area contributed by atoms with Gasteiger partial charge in [-0.3, -0.25) is 14.3 Å². The normalized spacial score (nSPS) is 13.7. The van der Waals surface area contributed by atoms with Gasteiger partial charge in [0.25, 0.3) is 5.91 Å². The van der Waals surface area contributed by atoms with E-state index in [1.165, 1.54) is 0 Å². The minimum absolute atomic E-state index is 0.0130. The largest absolute Gasteiger partial charge is 0.481 e. The molecule has 2 atom stereocenters. The zero-order chi connectivity index (χ0) is 16.0. The molecule has 0 spiro atoms. The van der Waals surface area contributed by atoms with Crippen LogP contribution in [0.3, 0.4) is 0 Å². The molecule has 2 N–H and O–H groups in total. The van der Waals surface area contributed by atoms with Crippen LogP contribution in [0.5, 0.6) is 0 Å². The number of rotatable bonds is 8. The standard InChI is InChI=1S/C15H25N3O3/c1-5-18-13(9-12(4)17-18)14(19)16-11(3)8-6-7-10(2)15(20)21/h9-11H,5-8H2,1-4H3,(H,16,19)(H,20,21). The molecular formula is C15H25N3O3. The van der Waals surface area contributed by atoms with Crippen molar-refractivity contribution in [1.29, 1.82) is 0 Å². The highest BCUT2D eigenvalue weighted by atomic mass is 16.4. The number of amides is 1. The number of hydrogen-bond acceptors (Lipinski definition) is 3. The lowest BCUT2D eigenvalue weighted by Gasteiger charge is -2.15. The van der Waals surface area contributed by atoms with Crippen LogP contribution < -0.4 is 5.32 Å². The van der Waals surface area contributed by atoms with Gasteiger partial charge in [0.2, 0.25) is 0 Å². The van der Waals surface area contributed by atoms with Crippen molar-refractivity contribution in [3.63, 3.8) is 0 Å². The molecule has 1 amide bonds. The third kappa shape index (κ3) is 5.21. The van der Waals surface area contributed by atoms with Gasteiger partial charge in [0.05, 0.1) is 11.6 Å². The number of hydrogen-bond donors (Lipinski definition) is 2. The number of aryl methyl sites for hydroxylation is 2. The summed E-state index contributed by atoms with van der Waals surface area (Å²) in [6.07, 6.45) is 2.17. The number of nitrogens with one attached hydrogen (secondary N) is 1. The summed E-state index contributed by atoms with van der Waals surface area (Å²) in [5.41, 5.74) is 1.39. The fourth-order valence-electron chi connectivity index (χ4n) is 2.19. The summed E-state index contributed by atoms with van der Waals surface area (Å²) in [4.78, 5) is 22.9. The zero-order valence-corrected chi connectivity index (χ0v) is 13.2. The second kappa shape index (κ2) is 7.81. The van der Waals surface area contributed by atoms with Crippen LogP contribution >= 0.6 is 0 Å². The van der Waals surface area contributed by atoms with Crippen molar-refractivity contribution in [2.24, 2.45) is 5.92 Å². The SMILES string of the molecule is CCn1nc(C)cc1C(=O)NC(C)CCCC(C)C(=O)O. The lowest BCUT2D eigenvalue weighted by molar-refractivity contribution is -0.141. The Morgan fingerprint density at radius 1 is 1.38 bits per heavy atom. The molecular weight excluding hydrogens is 270 g/mol. The molecule has 0 saturated carbocycles. The van der Waals surface area contributed by atoms with Gasteiger partial charge in [0, 0.05) is 12.6 Å². The summed E-state index contributed by atoms with van der Waals surface area (Å²) in [6.45, 7) is 8.09. The van der Waals surface area contributed by atoms with Gasteiger partial charge in [-0.15, -0.1) is 0 Å². The van der Waals surface area contributed by atoms with E-state index in [9.17, 15) is 9.59 Å². The maximum absolute atomic E-state index is 12.2. The molecule has 0 aliphatic carbocycles. The Hall–Kier alpha value is -1.85. The van der Waals surface area contributed by atoms with Gasteiger partial charge in [0.1, 0.15) is 5.69 Å². The van der Waals surface area contributed by atoms with Crippen LogP contribution in [0.1, 0.15) is 56.2 Å². The van der Waals surface area contributed by atoms with Crippen LogP contribution in [-0.2, 0) is 11.3 Å². The second-order valence-corrected chi connectivity index (χ2v) is 5.53. The van der Waals surface area contributed by atoms with Crippen LogP contribution in [0.25, 0.3) is 0 Å². The van der Waals surface area contributed by atoms with Crippen molar-refractivity contribution < 1.29 is 14.7 Å². The molecule has 0 radical (unpaired) electrons. The second-order valence-electron chi connectivity index (χ2n) is 5.53. The van der Waals surface area contributed by atoms with E-state index in [1.54, 1.807) is 17.7 Å². The number of nitrogens with zero attached hydrogens (tertiary/aromatic N) is 2. The highest BCUT2D eigenvalue weighted by Crippen LogP contribution is 2.10. The quantitative estimate of drug-likeness (QED) is 0.770. The monoisotopic (exact) mass is 295 g/mol. The van der Waals surface area contributed by atoms with Crippen LogP contribution in [0.4, 0.5) is 0 Å². The third-order valence-electron chi connectivity index (χ3n) is 3.51. The molecule has 1 aromatic rings. The van der Waals surface area contributed by atoms with Gasteiger partial charge < -0.3 is 10.4 Å². The summed E-state index contributed by atoms with van der Waals surface area (Å²) in [5, 5.41) is 16.0. The molecule has 6 heteroatoms. The van der Waals surface area contributed by atoms with Crippen molar-refractivity contribution in [3.8, 4) is 0 Å². The molecule has 0 saturated heterocycles. The Morgan fingerprint density at radius 2 is 2.05 bits per heavy atom. The number of carboxylic acid groups (broad SMARTS) is 1. The first-order valence-corrected chi connectivity index (χ1v) is 7.43. The maximum atomic E-state index is 12.2. The topological polar surface area (TPSA) is 84.2 Å². The van der Waals surface area contributed by atoms with E-state index in [1.807, 2.05) is 20.8 Å². The van der Waals surface area contributed by atoms with E-state index < -0.39 is 5.97 Å². The molecule has 0 fully saturated rings. The van der Waals surface area contributed by atoms with Gasteiger partial charge in [-0.2, -0.15) is 5.10 Å². The minimum Gasteiger partial charge on any atom is -0.481 e. The third-order valence-corrected chi connectivity index (χ3v) is 3.51. The van der Waals surface area contributed by atoms with Crippen LogP contribution in [0.15, 0.2) is 6.07 Å². The number of carbonyl (C=O) groups excluding carboxylic acids is 1. The van der Waals surface area contributed by atoms with E-state index in [0.29, 0.717) is 18.7 Å². The van der Waals surface area contributed by atoms with E-state index in [0.717, 1.165) is 18.5 Å². The Morgan fingerprint density at radius 3 is 2.62 bits per heavy atom. The average molecular weight is 295 g/mol. The molecule has 0 bridgehead atoms. The highest BCUT2D eigenvalue weighted by molar-refractivity contribution is 5.92. The van der Waals surface area contributed by atoms with E-state index >= 15 is 0 Å². The fourth-order valence-corrected chi connectivity index (χ4v) is 2.19. The number of carboxylic acids is 1. The Bertz CT molecular complexity index is 496. The summed E-state index contributed by atoms with van der Waals surface area (Å²) >= 11 is 0. The summed E-state index contributed by atoms with van der Waals surface area (Å²) in [6, 6.07) is 1.79. The number of carbonyl (C=O) groups is 2. The first-order valence-electron chi connectivity index (χ1n) is 7.43. The van der Waals surface area contributed by atoms with E-state index in [2.05, 4.69) is 10.4 Å². The highest BCUT2D eigenvalue weighted by Gasteiger charge is 2.16. The van der Waals surface area contributed by atoms with Crippen LogP contribution in [-0.4, -0.2) is 32.8 Å². The molecule has 6 nitrogen and oxygen atoms in total. The molecule has 2 unspecified atom stereocenters. The van der Waals surface area contributed by atoms with Gasteiger partial charge >= 0.3 is 5.97 Å². The van der Waals surface area contributed by atoms with E-state index in [-0.39, 0.29) is 17.9 Å². The van der Waals surface area contributed by atoms with Crippen molar-refractivity contribution >= 4 is 11.9 Å². The first-order chi connectivity index (χ1) is 9.85. The summed E-state index contributed by atoms with van der Waals surface area (Å²) in [7, 11) is 0. The molecule has 118 valence electrons. The lowest BCUT2D eigenvalue weighted by Crippen LogP contribution is -2.34.